The molecule has 1 amide bonds. The van der Waals surface area contributed by atoms with Crippen molar-refractivity contribution in [1.29, 1.82) is 0 Å². The number of ether oxygens (including phenoxy) is 3. The summed E-state index contributed by atoms with van der Waals surface area (Å²) in [4.78, 5) is 29.1. The SMILES string of the molecule is O=C(COc1ccc(Cl)cc1)OCCC1CN(C(=O)COc2ccc(Cl)cc2)CCN1Cc1ccc(F)cc1. The second-order valence-corrected chi connectivity index (χ2v) is 9.96. The number of esters is 1. The summed E-state index contributed by atoms with van der Waals surface area (Å²) < 4.78 is 29.9. The Bertz CT molecular complexity index is 1230. The minimum absolute atomic E-state index is 0.0757. The summed E-state index contributed by atoms with van der Waals surface area (Å²) >= 11 is 11.8. The van der Waals surface area contributed by atoms with Crippen LogP contribution in [-0.2, 0) is 20.9 Å². The number of rotatable bonds is 11. The molecule has 0 aromatic heterocycles. The topological polar surface area (TPSA) is 68.3 Å². The number of nitrogens with zero attached hydrogens (tertiary/aromatic N) is 2. The zero-order valence-corrected chi connectivity index (χ0v) is 22.7. The Labute approximate surface area is 237 Å². The van der Waals surface area contributed by atoms with Crippen LogP contribution in [0.4, 0.5) is 4.39 Å². The number of benzene rings is 3. The van der Waals surface area contributed by atoms with Gasteiger partial charge in [0.1, 0.15) is 17.3 Å². The van der Waals surface area contributed by atoms with Gasteiger partial charge in [-0.05, 0) is 72.6 Å². The molecule has 0 N–H and O–H groups in total. The fourth-order valence-electron chi connectivity index (χ4n) is 4.22. The minimum atomic E-state index is -0.491. The van der Waals surface area contributed by atoms with E-state index in [2.05, 4.69) is 4.90 Å². The van der Waals surface area contributed by atoms with Crippen LogP contribution in [0.1, 0.15) is 12.0 Å². The lowest BCUT2D eigenvalue weighted by molar-refractivity contribution is -0.147. The summed E-state index contributed by atoms with van der Waals surface area (Å²) in [6, 6.07) is 19.8. The molecule has 1 fully saturated rings. The number of carbonyl (C=O) groups is 2. The normalized spacial score (nSPS) is 15.6. The van der Waals surface area contributed by atoms with Crippen molar-refractivity contribution in [1.82, 2.24) is 9.80 Å². The van der Waals surface area contributed by atoms with Gasteiger partial charge in [0.25, 0.3) is 5.91 Å². The summed E-state index contributed by atoms with van der Waals surface area (Å²) in [6.45, 7) is 2.01. The number of hydrogen-bond donors (Lipinski definition) is 0. The molecule has 0 aliphatic carbocycles. The fraction of sp³-hybridized carbons (Fsp3) is 0.310. The van der Waals surface area contributed by atoms with Gasteiger partial charge in [0.2, 0.25) is 0 Å². The van der Waals surface area contributed by atoms with Crippen LogP contribution in [0, 0.1) is 5.82 Å². The van der Waals surface area contributed by atoms with Crippen LogP contribution in [0.15, 0.2) is 72.8 Å². The van der Waals surface area contributed by atoms with Gasteiger partial charge in [-0.1, -0.05) is 35.3 Å². The molecule has 10 heteroatoms. The molecular weight excluding hydrogens is 546 g/mol. The molecular formula is C29H29Cl2FN2O5. The third-order valence-corrected chi connectivity index (χ3v) is 6.82. The van der Waals surface area contributed by atoms with Crippen molar-refractivity contribution in [3.8, 4) is 11.5 Å². The van der Waals surface area contributed by atoms with Crippen LogP contribution in [0.3, 0.4) is 0 Å². The van der Waals surface area contributed by atoms with Crippen LogP contribution >= 0.6 is 23.2 Å². The average molecular weight is 575 g/mol. The first-order valence-corrected chi connectivity index (χ1v) is 13.3. The molecule has 0 spiro atoms. The summed E-state index contributed by atoms with van der Waals surface area (Å²) in [5.41, 5.74) is 0.959. The summed E-state index contributed by atoms with van der Waals surface area (Å²) in [5.74, 6) is 0.162. The first-order chi connectivity index (χ1) is 18.9. The molecule has 7 nitrogen and oxygen atoms in total. The molecule has 1 aliphatic heterocycles. The molecule has 39 heavy (non-hydrogen) atoms. The van der Waals surface area contributed by atoms with Gasteiger partial charge >= 0.3 is 5.97 Å². The van der Waals surface area contributed by atoms with Crippen LogP contribution in [0.2, 0.25) is 10.0 Å². The third kappa shape index (κ3) is 9.13. The number of hydrogen-bond acceptors (Lipinski definition) is 6. The zero-order chi connectivity index (χ0) is 27.6. The van der Waals surface area contributed by atoms with Crippen LogP contribution in [-0.4, -0.2) is 67.2 Å². The fourth-order valence-corrected chi connectivity index (χ4v) is 4.47. The monoisotopic (exact) mass is 574 g/mol. The van der Waals surface area contributed by atoms with Crippen LogP contribution in [0.5, 0.6) is 11.5 Å². The summed E-state index contributed by atoms with van der Waals surface area (Å²) in [5, 5.41) is 1.16. The van der Waals surface area contributed by atoms with Crippen molar-refractivity contribution in [2.24, 2.45) is 0 Å². The zero-order valence-electron chi connectivity index (χ0n) is 21.2. The quantitative estimate of drug-likeness (QED) is 0.292. The van der Waals surface area contributed by atoms with E-state index in [-0.39, 0.29) is 37.6 Å². The molecule has 4 rings (SSSR count). The summed E-state index contributed by atoms with van der Waals surface area (Å²) in [7, 11) is 0. The van der Waals surface area contributed by atoms with Gasteiger partial charge in [0, 0.05) is 42.3 Å². The highest BCUT2D eigenvalue weighted by atomic mass is 35.5. The maximum atomic E-state index is 13.4. The largest absolute Gasteiger partial charge is 0.484 e. The average Bonchev–Trinajstić information content (AvgIpc) is 2.94. The van der Waals surface area contributed by atoms with Crippen molar-refractivity contribution in [3.05, 3.63) is 94.2 Å². The van der Waals surface area contributed by atoms with Gasteiger partial charge in [-0.3, -0.25) is 9.69 Å². The van der Waals surface area contributed by atoms with Gasteiger partial charge in [-0.2, -0.15) is 0 Å². The Balaban J connectivity index is 1.31. The minimum Gasteiger partial charge on any atom is -0.484 e. The van der Waals surface area contributed by atoms with Crippen molar-refractivity contribution in [3.63, 3.8) is 0 Å². The maximum Gasteiger partial charge on any atom is 0.344 e. The Kier molecular flexibility index (Phi) is 10.4. The van der Waals surface area contributed by atoms with E-state index in [0.29, 0.717) is 54.1 Å². The van der Waals surface area contributed by atoms with Crippen molar-refractivity contribution >= 4 is 35.1 Å². The van der Waals surface area contributed by atoms with E-state index >= 15 is 0 Å². The number of piperazine rings is 1. The van der Waals surface area contributed by atoms with Crippen LogP contribution < -0.4 is 9.47 Å². The molecule has 1 atom stereocenters. The molecule has 3 aromatic rings. The standard InChI is InChI=1S/C29H29Cl2FN2O5/c30-22-3-9-26(10-4-22)38-19-28(35)34-15-14-33(17-21-1-7-24(32)8-2-21)25(18-34)13-16-37-29(36)20-39-27-11-5-23(31)6-12-27/h1-12,25H,13-20H2. The lowest BCUT2D eigenvalue weighted by Gasteiger charge is -2.41. The molecule has 206 valence electrons. The Morgan fingerprint density at radius 1 is 0.821 bits per heavy atom. The molecule has 0 bridgehead atoms. The molecule has 0 saturated carbocycles. The van der Waals surface area contributed by atoms with Crippen molar-refractivity contribution < 1.29 is 28.2 Å². The Morgan fingerprint density at radius 3 is 2.03 bits per heavy atom. The smallest absolute Gasteiger partial charge is 0.344 e. The molecule has 1 saturated heterocycles. The van der Waals surface area contributed by atoms with E-state index in [4.69, 9.17) is 37.4 Å². The van der Waals surface area contributed by atoms with Crippen molar-refractivity contribution in [2.75, 3.05) is 39.5 Å². The number of halogens is 3. The molecule has 1 unspecified atom stereocenters. The van der Waals surface area contributed by atoms with E-state index in [1.807, 2.05) is 0 Å². The molecule has 1 heterocycles. The van der Waals surface area contributed by atoms with Crippen LogP contribution in [0.25, 0.3) is 0 Å². The Hall–Kier alpha value is -3.33. The van der Waals surface area contributed by atoms with E-state index in [9.17, 15) is 14.0 Å². The lowest BCUT2D eigenvalue weighted by atomic mass is 10.1. The van der Waals surface area contributed by atoms with E-state index in [1.165, 1.54) is 12.1 Å². The second kappa shape index (κ2) is 14.2. The highest BCUT2D eigenvalue weighted by Crippen LogP contribution is 2.20. The third-order valence-electron chi connectivity index (χ3n) is 6.32. The Morgan fingerprint density at radius 2 is 1.41 bits per heavy atom. The van der Waals surface area contributed by atoms with E-state index in [1.54, 1.807) is 65.6 Å². The number of amides is 1. The van der Waals surface area contributed by atoms with Gasteiger partial charge < -0.3 is 19.1 Å². The van der Waals surface area contributed by atoms with Gasteiger partial charge in [-0.25, -0.2) is 9.18 Å². The first-order valence-electron chi connectivity index (χ1n) is 12.5. The van der Waals surface area contributed by atoms with Gasteiger partial charge in [-0.15, -0.1) is 0 Å². The van der Waals surface area contributed by atoms with E-state index in [0.717, 1.165) is 5.56 Å². The first kappa shape index (κ1) is 28.7. The van der Waals surface area contributed by atoms with Gasteiger partial charge in [0.05, 0.1) is 6.61 Å². The highest BCUT2D eigenvalue weighted by Gasteiger charge is 2.30. The molecule has 0 radical (unpaired) electrons. The van der Waals surface area contributed by atoms with Crippen molar-refractivity contribution in [2.45, 2.75) is 19.0 Å². The lowest BCUT2D eigenvalue weighted by Crippen LogP contribution is -2.55. The maximum absolute atomic E-state index is 13.4. The summed E-state index contributed by atoms with van der Waals surface area (Å²) in [6.07, 6.45) is 0.510. The van der Waals surface area contributed by atoms with Gasteiger partial charge in [0.15, 0.2) is 13.2 Å². The van der Waals surface area contributed by atoms with E-state index < -0.39 is 5.97 Å². The number of carbonyl (C=O) groups excluding carboxylic acids is 2. The molecule has 1 aliphatic rings. The predicted molar refractivity (Wildman–Crippen MR) is 147 cm³/mol. The molecule has 3 aromatic carbocycles. The highest BCUT2D eigenvalue weighted by molar-refractivity contribution is 6.30. The second-order valence-electron chi connectivity index (χ2n) is 9.08. The predicted octanol–water partition coefficient (Wildman–Crippen LogP) is 5.24.